The summed E-state index contributed by atoms with van der Waals surface area (Å²) in [6, 6.07) is 6.24. The molecule has 2 N–H and O–H groups in total. The Bertz CT molecular complexity index is 456. The number of hydrogen-bond acceptors (Lipinski definition) is 2. The van der Waals surface area contributed by atoms with E-state index in [4.69, 9.17) is 23.8 Å². The van der Waals surface area contributed by atoms with Crippen LogP contribution in [0.5, 0.6) is 0 Å². The third kappa shape index (κ3) is 4.34. The summed E-state index contributed by atoms with van der Waals surface area (Å²) in [5, 5.41) is 8.02. The Hall–Kier alpha value is -0.840. The maximum atomic E-state index is 6.00. The number of likely N-dealkylation sites (tertiary alicyclic amines) is 1. The van der Waals surface area contributed by atoms with Crippen LogP contribution in [0, 0.1) is 6.92 Å². The van der Waals surface area contributed by atoms with Gasteiger partial charge >= 0.3 is 0 Å². The van der Waals surface area contributed by atoms with E-state index in [0.717, 1.165) is 42.2 Å². The zero-order valence-electron chi connectivity index (χ0n) is 11.4. The van der Waals surface area contributed by atoms with E-state index in [2.05, 4.69) is 22.6 Å². The summed E-state index contributed by atoms with van der Waals surface area (Å²) in [4.78, 5) is 2.34. The molecule has 0 atom stereocenters. The van der Waals surface area contributed by atoms with Crippen LogP contribution >= 0.6 is 23.8 Å². The summed E-state index contributed by atoms with van der Waals surface area (Å²) in [6.07, 6.45) is 2.26. The first-order valence-corrected chi connectivity index (χ1v) is 7.35. The van der Waals surface area contributed by atoms with Gasteiger partial charge in [-0.2, -0.15) is 0 Å². The number of nitrogens with zero attached hydrogens (tertiary/aromatic N) is 1. The van der Waals surface area contributed by atoms with E-state index in [1.807, 2.05) is 25.1 Å². The quantitative estimate of drug-likeness (QED) is 0.821. The third-order valence-electron chi connectivity index (χ3n) is 3.50. The number of halogens is 1. The minimum absolute atomic E-state index is 0.468. The lowest BCUT2D eigenvalue weighted by Crippen LogP contribution is -2.44. The first-order valence-electron chi connectivity index (χ1n) is 6.57. The van der Waals surface area contributed by atoms with Crippen LogP contribution in [0.2, 0.25) is 5.02 Å². The normalized spacial score (nSPS) is 17.2. The molecule has 19 heavy (non-hydrogen) atoms. The van der Waals surface area contributed by atoms with Crippen LogP contribution in [-0.4, -0.2) is 36.2 Å². The molecule has 0 amide bonds. The van der Waals surface area contributed by atoms with Crippen LogP contribution in [0.15, 0.2) is 18.2 Å². The monoisotopic (exact) mass is 297 g/mol. The lowest BCUT2D eigenvalue weighted by molar-refractivity contribution is 0.247. The highest BCUT2D eigenvalue weighted by Gasteiger charge is 2.17. The Labute approximate surface area is 125 Å². The third-order valence-corrected chi connectivity index (χ3v) is 3.96. The van der Waals surface area contributed by atoms with E-state index in [1.54, 1.807) is 0 Å². The summed E-state index contributed by atoms with van der Waals surface area (Å²) in [7, 11) is 2.15. The van der Waals surface area contributed by atoms with Gasteiger partial charge in [0.05, 0.1) is 0 Å². The van der Waals surface area contributed by atoms with Crippen LogP contribution in [0.25, 0.3) is 0 Å². The van der Waals surface area contributed by atoms with E-state index in [0.29, 0.717) is 11.2 Å². The summed E-state index contributed by atoms with van der Waals surface area (Å²) in [6.45, 7) is 4.28. The zero-order valence-corrected chi connectivity index (χ0v) is 12.9. The fourth-order valence-electron chi connectivity index (χ4n) is 2.23. The second-order valence-electron chi connectivity index (χ2n) is 5.14. The van der Waals surface area contributed by atoms with Crippen molar-refractivity contribution in [2.45, 2.75) is 25.8 Å². The standard InChI is InChI=1S/C14H20ClN3S/c1-10-3-4-11(15)9-13(10)17-14(19)16-12-5-7-18(2)8-6-12/h3-4,9,12H,5-8H2,1-2H3,(H2,16,17,19). The lowest BCUT2D eigenvalue weighted by Gasteiger charge is -2.30. The van der Waals surface area contributed by atoms with Gasteiger partial charge in [-0.15, -0.1) is 0 Å². The summed E-state index contributed by atoms with van der Waals surface area (Å²) < 4.78 is 0. The number of anilines is 1. The second kappa shape index (κ2) is 6.55. The fraction of sp³-hybridized carbons (Fsp3) is 0.500. The number of thiocarbonyl (C=S) groups is 1. The number of rotatable bonds is 2. The molecule has 0 radical (unpaired) electrons. The Morgan fingerprint density at radius 1 is 1.37 bits per heavy atom. The summed E-state index contributed by atoms with van der Waals surface area (Å²) >= 11 is 11.4. The van der Waals surface area contributed by atoms with Crippen molar-refractivity contribution in [2.75, 3.05) is 25.5 Å². The minimum atomic E-state index is 0.468. The van der Waals surface area contributed by atoms with Crippen molar-refractivity contribution in [2.24, 2.45) is 0 Å². The molecule has 1 heterocycles. The molecule has 0 unspecified atom stereocenters. The van der Waals surface area contributed by atoms with Crippen molar-refractivity contribution >= 4 is 34.6 Å². The van der Waals surface area contributed by atoms with Gasteiger partial charge < -0.3 is 15.5 Å². The van der Waals surface area contributed by atoms with Crippen molar-refractivity contribution in [3.05, 3.63) is 28.8 Å². The number of hydrogen-bond donors (Lipinski definition) is 2. The molecule has 1 aliphatic heterocycles. The van der Waals surface area contributed by atoms with Crippen LogP contribution in [-0.2, 0) is 0 Å². The Morgan fingerprint density at radius 2 is 2.05 bits per heavy atom. The SMILES string of the molecule is Cc1ccc(Cl)cc1NC(=S)NC1CCN(C)CC1. The van der Waals surface area contributed by atoms with Gasteiger partial charge in [-0.3, -0.25) is 0 Å². The smallest absolute Gasteiger partial charge is 0.171 e. The van der Waals surface area contributed by atoms with Crippen LogP contribution in [0.4, 0.5) is 5.69 Å². The average molecular weight is 298 g/mol. The number of nitrogens with one attached hydrogen (secondary N) is 2. The van der Waals surface area contributed by atoms with E-state index in [9.17, 15) is 0 Å². The van der Waals surface area contributed by atoms with E-state index >= 15 is 0 Å². The Balaban J connectivity index is 1.89. The average Bonchev–Trinajstić information content (AvgIpc) is 2.37. The maximum Gasteiger partial charge on any atom is 0.171 e. The molecular weight excluding hydrogens is 278 g/mol. The minimum Gasteiger partial charge on any atom is -0.360 e. The summed E-state index contributed by atoms with van der Waals surface area (Å²) in [5.74, 6) is 0. The first-order chi connectivity index (χ1) is 9.04. The predicted octanol–water partition coefficient (Wildman–Crippen LogP) is 3.03. The molecular formula is C14H20ClN3S. The van der Waals surface area contributed by atoms with Gasteiger partial charge in [-0.25, -0.2) is 0 Å². The summed E-state index contributed by atoms with van der Waals surface area (Å²) in [5.41, 5.74) is 2.11. The van der Waals surface area contributed by atoms with Gasteiger partial charge in [0.1, 0.15) is 0 Å². The number of piperidine rings is 1. The predicted molar refractivity (Wildman–Crippen MR) is 86.1 cm³/mol. The molecule has 104 valence electrons. The van der Waals surface area contributed by atoms with Crippen LogP contribution < -0.4 is 10.6 Å². The van der Waals surface area contributed by atoms with Crippen LogP contribution in [0.1, 0.15) is 18.4 Å². The number of aryl methyl sites for hydroxylation is 1. The molecule has 1 aliphatic rings. The van der Waals surface area contributed by atoms with Gasteiger partial charge in [-0.1, -0.05) is 17.7 Å². The first kappa shape index (κ1) is 14.6. The Kier molecular flexibility index (Phi) is 5.02. The molecule has 1 saturated heterocycles. The van der Waals surface area contributed by atoms with Gasteiger partial charge in [0.15, 0.2) is 5.11 Å². The molecule has 5 heteroatoms. The highest BCUT2D eigenvalue weighted by Crippen LogP contribution is 2.20. The van der Waals surface area contributed by atoms with Gasteiger partial charge in [0.2, 0.25) is 0 Å². The van der Waals surface area contributed by atoms with Crippen LogP contribution in [0.3, 0.4) is 0 Å². The molecule has 0 bridgehead atoms. The fourth-order valence-corrected chi connectivity index (χ4v) is 2.67. The maximum absolute atomic E-state index is 6.00. The van der Waals surface area contributed by atoms with E-state index < -0.39 is 0 Å². The van der Waals surface area contributed by atoms with Crippen molar-refractivity contribution in [3.8, 4) is 0 Å². The molecule has 0 aliphatic carbocycles. The Morgan fingerprint density at radius 3 is 2.74 bits per heavy atom. The van der Waals surface area contributed by atoms with Crippen molar-refractivity contribution in [1.82, 2.24) is 10.2 Å². The molecule has 0 spiro atoms. The highest BCUT2D eigenvalue weighted by atomic mass is 35.5. The van der Waals surface area contributed by atoms with Gasteiger partial charge in [0.25, 0.3) is 0 Å². The van der Waals surface area contributed by atoms with Gasteiger partial charge in [0, 0.05) is 16.8 Å². The highest BCUT2D eigenvalue weighted by molar-refractivity contribution is 7.80. The van der Waals surface area contributed by atoms with E-state index in [1.165, 1.54) is 0 Å². The zero-order chi connectivity index (χ0) is 13.8. The van der Waals surface area contributed by atoms with E-state index in [-0.39, 0.29) is 0 Å². The largest absolute Gasteiger partial charge is 0.360 e. The molecule has 1 aromatic rings. The topological polar surface area (TPSA) is 27.3 Å². The van der Waals surface area contributed by atoms with Crippen molar-refractivity contribution < 1.29 is 0 Å². The molecule has 1 aromatic carbocycles. The molecule has 2 rings (SSSR count). The van der Waals surface area contributed by atoms with Gasteiger partial charge in [-0.05, 0) is 69.8 Å². The number of benzene rings is 1. The van der Waals surface area contributed by atoms with Crippen molar-refractivity contribution in [1.29, 1.82) is 0 Å². The molecule has 3 nitrogen and oxygen atoms in total. The lowest BCUT2D eigenvalue weighted by atomic mass is 10.1. The molecule has 0 aromatic heterocycles. The second-order valence-corrected chi connectivity index (χ2v) is 5.98. The van der Waals surface area contributed by atoms with Crippen molar-refractivity contribution in [3.63, 3.8) is 0 Å². The molecule has 0 saturated carbocycles. The molecule has 1 fully saturated rings.